The van der Waals surface area contributed by atoms with Crippen molar-refractivity contribution in [3.8, 4) is 5.75 Å². The summed E-state index contributed by atoms with van der Waals surface area (Å²) in [6, 6.07) is 17.2. The molecule has 0 N–H and O–H groups in total. The molecule has 0 atom stereocenters. The lowest BCUT2D eigenvalue weighted by Crippen LogP contribution is -2.46. The Morgan fingerprint density at radius 2 is 1.48 bits per heavy atom. The molecule has 0 aromatic heterocycles. The van der Waals surface area contributed by atoms with Gasteiger partial charge in [0.15, 0.2) is 0 Å². The van der Waals surface area contributed by atoms with Crippen molar-refractivity contribution in [2.45, 2.75) is 19.3 Å². The predicted octanol–water partition coefficient (Wildman–Crippen LogP) is 3.66. The van der Waals surface area contributed by atoms with Crippen LogP contribution in [0.15, 0.2) is 48.5 Å². The first kappa shape index (κ1) is 18.2. The zero-order valence-electron chi connectivity index (χ0n) is 16.4. The second kappa shape index (κ2) is 8.66. The van der Waals surface area contributed by atoms with E-state index in [1.807, 2.05) is 6.07 Å². The quantitative estimate of drug-likeness (QED) is 0.697. The maximum Gasteiger partial charge on any atom is 0.142 e. The lowest BCUT2D eigenvalue weighted by molar-refractivity contribution is 0.252. The van der Waals surface area contributed by atoms with Gasteiger partial charge in [-0.05, 0) is 49.6 Å². The molecule has 2 aliphatic heterocycles. The minimum atomic E-state index is 0.983. The number of nitrogens with zero attached hydrogens (tertiary/aromatic N) is 3. The number of hydrogen-bond donors (Lipinski definition) is 0. The van der Waals surface area contributed by atoms with Gasteiger partial charge in [-0.2, -0.15) is 0 Å². The number of piperazine rings is 1. The maximum absolute atomic E-state index is 5.52. The molecule has 4 rings (SSSR count). The Balaban J connectivity index is 1.18. The molecule has 0 aliphatic carbocycles. The number of fused-ring (bicyclic) bond motifs is 1. The second-order valence-electron chi connectivity index (χ2n) is 7.57. The van der Waals surface area contributed by atoms with Gasteiger partial charge in [0.25, 0.3) is 0 Å². The van der Waals surface area contributed by atoms with Crippen LogP contribution in [0, 0.1) is 0 Å². The van der Waals surface area contributed by atoms with Gasteiger partial charge in [0.1, 0.15) is 5.75 Å². The van der Waals surface area contributed by atoms with E-state index in [0.717, 1.165) is 31.9 Å². The lowest BCUT2D eigenvalue weighted by Gasteiger charge is -2.36. The fraction of sp³-hybridized carbons (Fsp3) is 0.478. The van der Waals surface area contributed by atoms with Crippen LogP contribution >= 0.6 is 0 Å². The molecular weight excluding hydrogens is 334 g/mol. The van der Waals surface area contributed by atoms with Gasteiger partial charge < -0.3 is 14.5 Å². The van der Waals surface area contributed by atoms with Gasteiger partial charge in [-0.15, -0.1) is 0 Å². The van der Waals surface area contributed by atoms with Crippen LogP contribution in [0.4, 0.5) is 11.4 Å². The summed E-state index contributed by atoms with van der Waals surface area (Å²) in [4.78, 5) is 7.63. The molecule has 0 radical (unpaired) electrons. The summed E-state index contributed by atoms with van der Waals surface area (Å²) in [6.07, 6.45) is 3.77. The van der Waals surface area contributed by atoms with Crippen molar-refractivity contribution in [2.75, 3.05) is 62.7 Å². The van der Waals surface area contributed by atoms with Crippen molar-refractivity contribution in [3.63, 3.8) is 0 Å². The molecular formula is C23H31N3O. The number of rotatable bonds is 7. The van der Waals surface area contributed by atoms with Gasteiger partial charge in [-0.25, -0.2) is 0 Å². The van der Waals surface area contributed by atoms with Gasteiger partial charge in [0, 0.05) is 45.0 Å². The molecule has 0 bridgehead atoms. The van der Waals surface area contributed by atoms with E-state index in [2.05, 4.69) is 57.2 Å². The van der Waals surface area contributed by atoms with Crippen LogP contribution in [0.3, 0.4) is 0 Å². The third-order valence-electron chi connectivity index (χ3n) is 5.93. The van der Waals surface area contributed by atoms with Crippen LogP contribution in [0.25, 0.3) is 0 Å². The largest absolute Gasteiger partial charge is 0.495 e. The van der Waals surface area contributed by atoms with Gasteiger partial charge in [-0.1, -0.05) is 30.3 Å². The molecule has 0 unspecified atom stereocenters. The molecule has 2 aliphatic rings. The molecule has 2 aromatic rings. The van der Waals surface area contributed by atoms with E-state index < -0.39 is 0 Å². The summed E-state index contributed by atoms with van der Waals surface area (Å²) < 4.78 is 5.52. The van der Waals surface area contributed by atoms with Crippen molar-refractivity contribution >= 4 is 11.4 Å². The zero-order valence-corrected chi connectivity index (χ0v) is 16.4. The number of anilines is 2. The number of benzene rings is 2. The Morgan fingerprint density at radius 3 is 2.30 bits per heavy atom. The molecule has 144 valence electrons. The van der Waals surface area contributed by atoms with E-state index in [1.54, 1.807) is 7.11 Å². The average Bonchev–Trinajstić information content (AvgIpc) is 3.15. The lowest BCUT2D eigenvalue weighted by atomic mass is 10.2. The molecule has 2 aromatic carbocycles. The smallest absolute Gasteiger partial charge is 0.142 e. The van der Waals surface area contributed by atoms with Gasteiger partial charge >= 0.3 is 0 Å². The highest BCUT2D eigenvalue weighted by Gasteiger charge is 2.20. The van der Waals surface area contributed by atoms with Gasteiger partial charge in [-0.3, -0.25) is 4.90 Å². The minimum absolute atomic E-state index is 0.983. The summed E-state index contributed by atoms with van der Waals surface area (Å²) >= 11 is 0. The summed E-state index contributed by atoms with van der Waals surface area (Å²) in [6.45, 7) is 8.05. The third-order valence-corrected chi connectivity index (χ3v) is 5.93. The summed E-state index contributed by atoms with van der Waals surface area (Å²) in [5, 5.41) is 0. The van der Waals surface area contributed by atoms with Crippen molar-refractivity contribution in [2.24, 2.45) is 0 Å². The van der Waals surface area contributed by atoms with E-state index in [-0.39, 0.29) is 0 Å². The SMILES string of the molecule is COc1ccccc1N1CCN(CCCCN2CCc3ccccc32)CC1. The first-order valence-corrected chi connectivity index (χ1v) is 10.3. The van der Waals surface area contributed by atoms with E-state index in [4.69, 9.17) is 4.74 Å². The van der Waals surface area contributed by atoms with E-state index in [9.17, 15) is 0 Å². The Labute approximate surface area is 163 Å². The first-order chi connectivity index (χ1) is 13.3. The number of ether oxygens (including phenoxy) is 1. The first-order valence-electron chi connectivity index (χ1n) is 10.3. The predicted molar refractivity (Wildman–Crippen MR) is 113 cm³/mol. The molecule has 2 heterocycles. The van der Waals surface area contributed by atoms with Crippen LogP contribution in [0.5, 0.6) is 5.75 Å². The topological polar surface area (TPSA) is 19.0 Å². The normalized spacial score (nSPS) is 17.2. The van der Waals surface area contributed by atoms with Crippen LogP contribution in [-0.2, 0) is 6.42 Å². The van der Waals surface area contributed by atoms with E-state index >= 15 is 0 Å². The number of unbranched alkanes of at least 4 members (excludes halogenated alkanes) is 1. The summed E-state index contributed by atoms with van der Waals surface area (Å²) in [5.74, 6) is 0.983. The molecule has 4 heteroatoms. The standard InChI is InChI=1S/C23H31N3O/c1-27-23-11-5-4-10-22(23)26-18-16-24(17-19-26)13-6-7-14-25-15-12-20-8-2-3-9-21(20)25/h2-5,8-11H,6-7,12-19H2,1H3. The van der Waals surface area contributed by atoms with Crippen molar-refractivity contribution in [3.05, 3.63) is 54.1 Å². The Kier molecular flexibility index (Phi) is 5.83. The molecule has 4 nitrogen and oxygen atoms in total. The number of para-hydroxylation sites is 3. The van der Waals surface area contributed by atoms with Crippen LogP contribution < -0.4 is 14.5 Å². The van der Waals surface area contributed by atoms with Gasteiger partial charge in [0.2, 0.25) is 0 Å². The molecule has 1 fully saturated rings. The number of hydrogen-bond acceptors (Lipinski definition) is 4. The van der Waals surface area contributed by atoms with E-state index in [0.29, 0.717) is 0 Å². The minimum Gasteiger partial charge on any atom is -0.495 e. The zero-order chi connectivity index (χ0) is 18.5. The number of methoxy groups -OCH3 is 1. The molecule has 0 spiro atoms. The van der Waals surface area contributed by atoms with E-state index in [1.165, 1.54) is 55.8 Å². The average molecular weight is 366 g/mol. The monoisotopic (exact) mass is 365 g/mol. The third kappa shape index (κ3) is 4.22. The Bertz CT molecular complexity index is 740. The fourth-order valence-corrected chi connectivity index (χ4v) is 4.38. The highest BCUT2D eigenvalue weighted by Crippen LogP contribution is 2.29. The molecule has 27 heavy (non-hydrogen) atoms. The molecule has 1 saturated heterocycles. The summed E-state index contributed by atoms with van der Waals surface area (Å²) in [5.41, 5.74) is 4.21. The van der Waals surface area contributed by atoms with Crippen LogP contribution in [-0.4, -0.2) is 57.8 Å². The van der Waals surface area contributed by atoms with Crippen molar-refractivity contribution < 1.29 is 4.74 Å². The van der Waals surface area contributed by atoms with Crippen LogP contribution in [0.1, 0.15) is 18.4 Å². The Hall–Kier alpha value is -2.20. The molecule has 0 saturated carbocycles. The Morgan fingerprint density at radius 1 is 0.778 bits per heavy atom. The highest BCUT2D eigenvalue weighted by molar-refractivity contribution is 5.59. The van der Waals surface area contributed by atoms with Crippen LogP contribution in [0.2, 0.25) is 0 Å². The van der Waals surface area contributed by atoms with Gasteiger partial charge in [0.05, 0.1) is 12.8 Å². The molecule has 0 amide bonds. The second-order valence-corrected chi connectivity index (χ2v) is 7.57. The van der Waals surface area contributed by atoms with Crippen molar-refractivity contribution in [1.82, 2.24) is 4.90 Å². The highest BCUT2D eigenvalue weighted by atomic mass is 16.5. The maximum atomic E-state index is 5.52. The fourth-order valence-electron chi connectivity index (χ4n) is 4.38. The van der Waals surface area contributed by atoms with Crippen molar-refractivity contribution in [1.29, 1.82) is 0 Å². The summed E-state index contributed by atoms with van der Waals surface area (Å²) in [7, 11) is 1.76.